The zero-order valence-corrected chi connectivity index (χ0v) is 10.0. The van der Waals surface area contributed by atoms with Crippen molar-refractivity contribution in [1.29, 1.82) is 0 Å². The second kappa shape index (κ2) is 6.62. The van der Waals surface area contributed by atoms with Crippen LogP contribution in [0.15, 0.2) is 11.6 Å². The molecule has 0 fully saturated rings. The van der Waals surface area contributed by atoms with Crippen molar-refractivity contribution in [1.82, 2.24) is 0 Å². The van der Waals surface area contributed by atoms with Crippen LogP contribution in [-0.4, -0.2) is 45.7 Å². The molecule has 0 aromatic heterocycles. The van der Waals surface area contributed by atoms with Gasteiger partial charge in [-0.1, -0.05) is 6.08 Å². The van der Waals surface area contributed by atoms with Gasteiger partial charge in [-0.3, -0.25) is 0 Å². The second-order valence-corrected chi connectivity index (χ2v) is 3.80. The number of carbonyl (C=O) groups is 1. The van der Waals surface area contributed by atoms with Crippen molar-refractivity contribution in [3.05, 3.63) is 11.6 Å². The van der Waals surface area contributed by atoms with E-state index in [2.05, 4.69) is 0 Å². The van der Waals surface area contributed by atoms with Gasteiger partial charge in [0.25, 0.3) is 0 Å². The smallest absolute Gasteiger partial charge is 0.333 e. The van der Waals surface area contributed by atoms with Gasteiger partial charge in [-0.2, -0.15) is 0 Å². The van der Waals surface area contributed by atoms with E-state index < -0.39 is 30.4 Å². The molecule has 0 radical (unpaired) electrons. The van der Waals surface area contributed by atoms with Gasteiger partial charge in [0.15, 0.2) is 0 Å². The fourth-order valence-corrected chi connectivity index (χ4v) is 1.01. The minimum absolute atomic E-state index is 0.422. The Hall–Kier alpha value is -0.910. The van der Waals surface area contributed by atoms with E-state index in [1.54, 1.807) is 19.9 Å². The van der Waals surface area contributed by atoms with Gasteiger partial charge >= 0.3 is 5.97 Å². The molecule has 0 aromatic rings. The summed E-state index contributed by atoms with van der Waals surface area (Å²) in [6, 6.07) is 0. The molecule has 5 heteroatoms. The zero-order valence-electron chi connectivity index (χ0n) is 10.0. The predicted molar refractivity (Wildman–Crippen MR) is 58.7 cm³/mol. The number of aliphatic hydroxyl groups excluding tert-OH is 3. The fourth-order valence-electron chi connectivity index (χ4n) is 1.01. The van der Waals surface area contributed by atoms with Crippen LogP contribution in [0.2, 0.25) is 0 Å². The molecule has 0 heterocycles. The van der Waals surface area contributed by atoms with E-state index in [4.69, 9.17) is 9.84 Å². The van der Waals surface area contributed by atoms with Crippen LogP contribution in [-0.2, 0) is 9.53 Å². The van der Waals surface area contributed by atoms with Gasteiger partial charge in [0.05, 0.1) is 6.10 Å². The van der Waals surface area contributed by atoms with Crippen LogP contribution < -0.4 is 0 Å². The number of hydrogen-bond donors (Lipinski definition) is 3. The van der Waals surface area contributed by atoms with Crippen molar-refractivity contribution in [2.75, 3.05) is 0 Å². The van der Waals surface area contributed by atoms with Gasteiger partial charge in [0.1, 0.15) is 18.3 Å². The molecule has 4 unspecified atom stereocenters. The number of carbonyl (C=O) groups excluding carboxylic acids is 1. The molecule has 0 saturated carbocycles. The average molecular weight is 232 g/mol. The van der Waals surface area contributed by atoms with E-state index in [1.807, 2.05) is 0 Å². The standard InChI is InChI=1S/C11H20O5/c1-5-6(2)11(15)16-8(4)10(14)9(13)7(3)12/h5,7-10,12-14H,1-4H3. The molecule has 5 nitrogen and oxygen atoms in total. The zero-order chi connectivity index (χ0) is 12.9. The number of esters is 1. The molecule has 0 rings (SSSR count). The Morgan fingerprint density at radius 1 is 1.19 bits per heavy atom. The van der Waals surface area contributed by atoms with Crippen LogP contribution in [0.25, 0.3) is 0 Å². The molecule has 0 aromatic carbocycles. The molecular formula is C11H20O5. The van der Waals surface area contributed by atoms with Gasteiger partial charge in [0.2, 0.25) is 0 Å². The molecule has 0 spiro atoms. The quantitative estimate of drug-likeness (QED) is 0.458. The van der Waals surface area contributed by atoms with Crippen molar-refractivity contribution < 1.29 is 24.9 Å². The number of rotatable bonds is 5. The van der Waals surface area contributed by atoms with Crippen LogP contribution in [0.1, 0.15) is 27.7 Å². The largest absolute Gasteiger partial charge is 0.456 e. The monoisotopic (exact) mass is 232 g/mol. The summed E-state index contributed by atoms with van der Waals surface area (Å²) < 4.78 is 4.91. The first-order valence-electron chi connectivity index (χ1n) is 5.19. The fraction of sp³-hybridized carbons (Fsp3) is 0.727. The lowest BCUT2D eigenvalue weighted by Crippen LogP contribution is -2.43. The summed E-state index contributed by atoms with van der Waals surface area (Å²) in [6.45, 7) is 6.09. The number of hydrogen-bond acceptors (Lipinski definition) is 5. The highest BCUT2D eigenvalue weighted by Crippen LogP contribution is 2.09. The van der Waals surface area contributed by atoms with Crippen molar-refractivity contribution in [3.63, 3.8) is 0 Å². The Labute approximate surface area is 95.4 Å². The van der Waals surface area contributed by atoms with Crippen molar-refractivity contribution in [2.45, 2.75) is 52.1 Å². The number of aliphatic hydroxyl groups is 3. The maximum absolute atomic E-state index is 11.3. The molecule has 0 aliphatic carbocycles. The van der Waals surface area contributed by atoms with Crippen molar-refractivity contribution in [3.8, 4) is 0 Å². The number of ether oxygens (including phenoxy) is 1. The summed E-state index contributed by atoms with van der Waals surface area (Å²) in [5, 5.41) is 28.0. The molecule has 0 amide bonds. The van der Waals surface area contributed by atoms with Crippen molar-refractivity contribution >= 4 is 5.97 Å². The van der Waals surface area contributed by atoms with Gasteiger partial charge < -0.3 is 20.1 Å². The molecule has 3 N–H and O–H groups in total. The summed E-state index contributed by atoms with van der Waals surface area (Å²) >= 11 is 0. The van der Waals surface area contributed by atoms with E-state index in [-0.39, 0.29) is 0 Å². The molecule has 0 aliphatic heterocycles. The lowest BCUT2D eigenvalue weighted by molar-refractivity contribution is -0.157. The van der Waals surface area contributed by atoms with Gasteiger partial charge in [-0.05, 0) is 27.7 Å². The van der Waals surface area contributed by atoms with Crippen molar-refractivity contribution in [2.24, 2.45) is 0 Å². The normalized spacial score (nSPS) is 19.8. The Morgan fingerprint density at radius 3 is 2.06 bits per heavy atom. The van der Waals surface area contributed by atoms with Crippen LogP contribution in [0.3, 0.4) is 0 Å². The molecule has 4 atom stereocenters. The van der Waals surface area contributed by atoms with Crippen LogP contribution in [0.4, 0.5) is 0 Å². The first-order valence-corrected chi connectivity index (χ1v) is 5.19. The predicted octanol–water partition coefficient (Wildman–Crippen LogP) is -0.0131. The summed E-state index contributed by atoms with van der Waals surface area (Å²) in [7, 11) is 0. The number of allylic oxidation sites excluding steroid dienone is 1. The summed E-state index contributed by atoms with van der Waals surface area (Å²) in [4.78, 5) is 11.3. The van der Waals surface area contributed by atoms with E-state index in [1.165, 1.54) is 13.8 Å². The second-order valence-electron chi connectivity index (χ2n) is 3.80. The first-order chi connectivity index (χ1) is 7.31. The lowest BCUT2D eigenvalue weighted by atomic mass is 10.1. The minimum Gasteiger partial charge on any atom is -0.456 e. The Balaban J connectivity index is 4.36. The van der Waals surface area contributed by atoms with E-state index in [0.717, 1.165) is 0 Å². The summed E-state index contributed by atoms with van der Waals surface area (Å²) in [5.74, 6) is -0.549. The van der Waals surface area contributed by atoms with Crippen LogP contribution >= 0.6 is 0 Å². The molecule has 0 saturated heterocycles. The van der Waals surface area contributed by atoms with Crippen LogP contribution in [0, 0.1) is 0 Å². The first kappa shape index (κ1) is 15.1. The maximum Gasteiger partial charge on any atom is 0.333 e. The van der Waals surface area contributed by atoms with Crippen LogP contribution in [0.5, 0.6) is 0 Å². The Morgan fingerprint density at radius 2 is 1.69 bits per heavy atom. The lowest BCUT2D eigenvalue weighted by Gasteiger charge is -2.25. The van der Waals surface area contributed by atoms with Gasteiger partial charge in [0, 0.05) is 5.57 Å². The maximum atomic E-state index is 11.3. The molecule has 16 heavy (non-hydrogen) atoms. The highest BCUT2D eigenvalue weighted by Gasteiger charge is 2.29. The van der Waals surface area contributed by atoms with Gasteiger partial charge in [-0.25, -0.2) is 4.79 Å². The Kier molecular flexibility index (Phi) is 6.25. The SMILES string of the molecule is CC=C(C)C(=O)OC(C)C(O)C(O)C(C)O. The van der Waals surface area contributed by atoms with E-state index in [0.29, 0.717) is 5.57 Å². The molecule has 94 valence electrons. The van der Waals surface area contributed by atoms with E-state index >= 15 is 0 Å². The molecule has 0 bridgehead atoms. The summed E-state index contributed by atoms with van der Waals surface area (Å²) in [6.07, 6.45) is -3.03. The summed E-state index contributed by atoms with van der Waals surface area (Å²) in [5.41, 5.74) is 0.422. The molecule has 0 aliphatic rings. The highest BCUT2D eigenvalue weighted by atomic mass is 16.6. The minimum atomic E-state index is -1.34. The third-order valence-electron chi connectivity index (χ3n) is 2.37. The molecular weight excluding hydrogens is 212 g/mol. The van der Waals surface area contributed by atoms with Gasteiger partial charge in [-0.15, -0.1) is 0 Å². The topological polar surface area (TPSA) is 87.0 Å². The third kappa shape index (κ3) is 4.30. The van der Waals surface area contributed by atoms with E-state index in [9.17, 15) is 15.0 Å². The Bertz CT molecular complexity index is 259. The third-order valence-corrected chi connectivity index (χ3v) is 2.37. The highest BCUT2D eigenvalue weighted by molar-refractivity contribution is 5.87. The average Bonchev–Trinajstić information content (AvgIpc) is 2.25.